The van der Waals surface area contributed by atoms with E-state index in [1.54, 1.807) is 42.5 Å². The maximum absolute atomic E-state index is 12.3. The average Bonchev–Trinajstić information content (AvgIpc) is 3.12. The summed E-state index contributed by atoms with van der Waals surface area (Å²) in [5, 5.41) is 16.2. The number of thiocarbonyl (C=S) groups is 1. The molecule has 0 unspecified atom stereocenters. The number of fused-ring (bicyclic) bond motifs is 1. The number of aromatic hydroxyl groups is 1. The Morgan fingerprint density at radius 2 is 1.83 bits per heavy atom. The maximum Gasteiger partial charge on any atom is 0.258 e. The SMILES string of the molecule is O=C(NC(=S)Nc1ccc(-c2nc3ccccc3o2)c(O)c1)c1ccccc1Cl. The number of amides is 1. The standard InChI is InChI=1S/C21H14ClN3O3S/c22-15-6-2-1-5-13(15)19(27)25-21(29)23-12-9-10-14(17(26)11-12)20-24-16-7-3-4-8-18(16)28-20/h1-11,26H,(H2,23,25,27,29). The number of para-hydroxylation sites is 2. The van der Waals surface area contributed by atoms with Crippen LogP contribution in [0.5, 0.6) is 5.75 Å². The number of oxazole rings is 1. The van der Waals surface area contributed by atoms with Crippen molar-refractivity contribution in [3.63, 3.8) is 0 Å². The van der Waals surface area contributed by atoms with Crippen molar-refractivity contribution in [3.05, 3.63) is 77.3 Å². The van der Waals surface area contributed by atoms with Gasteiger partial charge >= 0.3 is 0 Å². The summed E-state index contributed by atoms with van der Waals surface area (Å²) in [6.45, 7) is 0. The fraction of sp³-hybridized carbons (Fsp3) is 0. The molecule has 0 bridgehead atoms. The van der Waals surface area contributed by atoms with Gasteiger partial charge in [0.05, 0.1) is 16.1 Å². The van der Waals surface area contributed by atoms with Crippen LogP contribution in [0.2, 0.25) is 5.02 Å². The Labute approximate surface area is 176 Å². The van der Waals surface area contributed by atoms with E-state index in [4.69, 9.17) is 28.2 Å². The molecule has 0 atom stereocenters. The molecule has 0 aliphatic heterocycles. The molecule has 0 radical (unpaired) electrons. The number of carbonyl (C=O) groups is 1. The van der Waals surface area contributed by atoms with Gasteiger partial charge in [-0.05, 0) is 48.6 Å². The second-order valence-electron chi connectivity index (χ2n) is 6.11. The highest BCUT2D eigenvalue weighted by molar-refractivity contribution is 7.80. The van der Waals surface area contributed by atoms with Gasteiger partial charge in [-0.1, -0.05) is 35.9 Å². The number of phenolic OH excluding ortho intramolecular Hbond substituents is 1. The summed E-state index contributed by atoms with van der Waals surface area (Å²) in [7, 11) is 0. The molecule has 0 fully saturated rings. The monoisotopic (exact) mass is 423 g/mol. The normalized spacial score (nSPS) is 10.7. The van der Waals surface area contributed by atoms with Crippen LogP contribution in [0.15, 0.2) is 71.1 Å². The number of rotatable bonds is 3. The van der Waals surface area contributed by atoms with Crippen LogP contribution in [-0.2, 0) is 0 Å². The first-order valence-electron chi connectivity index (χ1n) is 8.57. The zero-order valence-corrected chi connectivity index (χ0v) is 16.4. The predicted molar refractivity (Wildman–Crippen MR) is 116 cm³/mol. The Bertz CT molecular complexity index is 1210. The van der Waals surface area contributed by atoms with E-state index >= 15 is 0 Å². The van der Waals surface area contributed by atoms with Gasteiger partial charge < -0.3 is 14.8 Å². The van der Waals surface area contributed by atoms with Crippen molar-refractivity contribution in [3.8, 4) is 17.2 Å². The maximum atomic E-state index is 12.3. The zero-order chi connectivity index (χ0) is 20.4. The molecule has 1 amide bonds. The second kappa shape index (κ2) is 7.90. The van der Waals surface area contributed by atoms with Gasteiger partial charge in [-0.3, -0.25) is 10.1 Å². The molecule has 0 spiro atoms. The fourth-order valence-electron chi connectivity index (χ4n) is 2.76. The molecule has 0 aliphatic carbocycles. The highest BCUT2D eigenvalue weighted by Gasteiger charge is 2.14. The Morgan fingerprint density at radius 3 is 2.59 bits per heavy atom. The van der Waals surface area contributed by atoms with Gasteiger partial charge in [-0.15, -0.1) is 0 Å². The summed E-state index contributed by atoms with van der Waals surface area (Å²) < 4.78 is 5.68. The largest absolute Gasteiger partial charge is 0.507 e. The quantitative estimate of drug-likeness (QED) is 0.403. The molecule has 3 aromatic carbocycles. The van der Waals surface area contributed by atoms with E-state index in [0.717, 1.165) is 0 Å². The average molecular weight is 424 g/mol. The number of aromatic nitrogens is 1. The number of hydrogen-bond acceptors (Lipinski definition) is 5. The van der Waals surface area contributed by atoms with Gasteiger partial charge in [0, 0.05) is 11.8 Å². The van der Waals surface area contributed by atoms with Crippen molar-refractivity contribution >= 4 is 51.6 Å². The Kier molecular flexibility index (Phi) is 5.16. The van der Waals surface area contributed by atoms with Crippen molar-refractivity contribution < 1.29 is 14.3 Å². The summed E-state index contributed by atoms with van der Waals surface area (Å²) in [6, 6.07) is 18.8. The zero-order valence-electron chi connectivity index (χ0n) is 14.8. The Balaban J connectivity index is 1.48. The molecular formula is C21H14ClN3O3S. The van der Waals surface area contributed by atoms with E-state index in [9.17, 15) is 9.90 Å². The molecule has 4 aromatic rings. The van der Waals surface area contributed by atoms with E-state index in [0.29, 0.717) is 38.8 Å². The summed E-state index contributed by atoms with van der Waals surface area (Å²) in [5.74, 6) is -0.160. The smallest absolute Gasteiger partial charge is 0.258 e. The van der Waals surface area contributed by atoms with Crippen LogP contribution in [0.4, 0.5) is 5.69 Å². The Morgan fingerprint density at radius 1 is 1.07 bits per heavy atom. The van der Waals surface area contributed by atoms with Crippen molar-refractivity contribution in [1.29, 1.82) is 0 Å². The van der Waals surface area contributed by atoms with Gasteiger partial charge in [0.25, 0.3) is 5.91 Å². The van der Waals surface area contributed by atoms with Crippen molar-refractivity contribution in [2.75, 3.05) is 5.32 Å². The minimum absolute atomic E-state index is 0.0400. The second-order valence-corrected chi connectivity index (χ2v) is 6.92. The molecule has 1 aromatic heterocycles. The molecule has 4 rings (SSSR count). The molecule has 6 nitrogen and oxygen atoms in total. The van der Waals surface area contributed by atoms with E-state index in [1.165, 1.54) is 6.07 Å². The number of nitrogens with one attached hydrogen (secondary N) is 2. The number of hydrogen-bond donors (Lipinski definition) is 3. The first kappa shape index (κ1) is 18.9. The van der Waals surface area contributed by atoms with Gasteiger partial charge in [-0.25, -0.2) is 4.98 Å². The number of nitrogens with zero attached hydrogens (tertiary/aromatic N) is 1. The molecule has 8 heteroatoms. The summed E-state index contributed by atoms with van der Waals surface area (Å²) >= 11 is 11.2. The van der Waals surface area contributed by atoms with Crippen LogP contribution < -0.4 is 10.6 Å². The van der Waals surface area contributed by atoms with Crippen molar-refractivity contribution in [2.24, 2.45) is 0 Å². The van der Waals surface area contributed by atoms with E-state index in [2.05, 4.69) is 15.6 Å². The van der Waals surface area contributed by atoms with Crippen LogP contribution in [-0.4, -0.2) is 21.1 Å². The highest BCUT2D eigenvalue weighted by atomic mass is 35.5. The Hall–Kier alpha value is -3.42. The molecule has 3 N–H and O–H groups in total. The fourth-order valence-corrected chi connectivity index (χ4v) is 3.19. The first-order valence-corrected chi connectivity index (χ1v) is 9.36. The molecule has 29 heavy (non-hydrogen) atoms. The topological polar surface area (TPSA) is 87.4 Å². The number of halogens is 1. The third-order valence-corrected chi connectivity index (χ3v) is 4.66. The molecule has 0 saturated heterocycles. The highest BCUT2D eigenvalue weighted by Crippen LogP contribution is 2.33. The van der Waals surface area contributed by atoms with Crippen LogP contribution in [0, 0.1) is 0 Å². The van der Waals surface area contributed by atoms with E-state index < -0.39 is 5.91 Å². The lowest BCUT2D eigenvalue weighted by molar-refractivity contribution is 0.0978. The van der Waals surface area contributed by atoms with E-state index in [1.807, 2.05) is 18.2 Å². The minimum Gasteiger partial charge on any atom is -0.507 e. The summed E-state index contributed by atoms with van der Waals surface area (Å²) in [4.78, 5) is 16.6. The molecule has 0 aliphatic rings. The molecule has 144 valence electrons. The van der Waals surface area contributed by atoms with Crippen molar-refractivity contribution in [2.45, 2.75) is 0 Å². The summed E-state index contributed by atoms with van der Waals surface area (Å²) in [5.41, 5.74) is 2.58. The van der Waals surface area contributed by atoms with Crippen LogP contribution in [0.3, 0.4) is 0 Å². The van der Waals surface area contributed by atoms with Gasteiger partial charge in [-0.2, -0.15) is 0 Å². The third-order valence-electron chi connectivity index (χ3n) is 4.13. The number of benzene rings is 3. The number of phenols is 1. The lowest BCUT2D eigenvalue weighted by Gasteiger charge is -2.11. The lowest BCUT2D eigenvalue weighted by atomic mass is 10.2. The lowest BCUT2D eigenvalue weighted by Crippen LogP contribution is -2.34. The van der Waals surface area contributed by atoms with Gasteiger partial charge in [0.2, 0.25) is 5.89 Å². The van der Waals surface area contributed by atoms with Crippen molar-refractivity contribution in [1.82, 2.24) is 10.3 Å². The van der Waals surface area contributed by atoms with Crippen LogP contribution in [0.25, 0.3) is 22.6 Å². The van der Waals surface area contributed by atoms with Gasteiger partial charge in [0.1, 0.15) is 11.3 Å². The predicted octanol–water partition coefficient (Wildman–Crippen LogP) is 4.98. The van der Waals surface area contributed by atoms with Crippen LogP contribution >= 0.6 is 23.8 Å². The van der Waals surface area contributed by atoms with Crippen LogP contribution in [0.1, 0.15) is 10.4 Å². The third kappa shape index (κ3) is 4.06. The first-order chi connectivity index (χ1) is 14.0. The summed E-state index contributed by atoms with van der Waals surface area (Å²) in [6.07, 6.45) is 0. The minimum atomic E-state index is -0.430. The van der Waals surface area contributed by atoms with E-state index in [-0.39, 0.29) is 10.9 Å². The van der Waals surface area contributed by atoms with Gasteiger partial charge in [0.15, 0.2) is 10.7 Å². The molecule has 0 saturated carbocycles. The number of carbonyl (C=O) groups excluding carboxylic acids is 1. The number of anilines is 1. The molecular weight excluding hydrogens is 410 g/mol. The molecule has 1 heterocycles.